The van der Waals surface area contributed by atoms with Crippen LogP contribution < -0.4 is 21.8 Å². The van der Waals surface area contributed by atoms with Crippen molar-refractivity contribution in [1.29, 1.82) is 0 Å². The topological polar surface area (TPSA) is 74.6 Å². The fourth-order valence-corrected chi connectivity index (χ4v) is 3.68. The van der Waals surface area contributed by atoms with Gasteiger partial charge in [-0.25, -0.2) is 5.43 Å². The minimum Gasteiger partial charge on any atom is -0.501 e. The number of hydrogen-bond acceptors (Lipinski definition) is 6. The van der Waals surface area contributed by atoms with E-state index in [0.29, 0.717) is 24.5 Å². The van der Waals surface area contributed by atoms with E-state index in [1.54, 1.807) is 7.11 Å². The van der Waals surface area contributed by atoms with Crippen LogP contribution in [0.25, 0.3) is 0 Å². The van der Waals surface area contributed by atoms with Crippen molar-refractivity contribution in [3.05, 3.63) is 23.7 Å². The standard InChI is InChI=1S/C16H31N5O/c1-10-6-13(7-11(2)16(10)22-5)14-8-15(17)19-9-18-12(3)21(4)20-14/h10,13-15,18-20H,3,6-9,17H2,1-2,4-5H3/t10-,13+,14?,15?/m0/s1. The van der Waals surface area contributed by atoms with Gasteiger partial charge in [0.25, 0.3) is 0 Å². The first-order valence-electron chi connectivity index (χ1n) is 8.07. The molecule has 2 aliphatic rings. The Labute approximate surface area is 134 Å². The average Bonchev–Trinajstić information content (AvgIpc) is 2.50. The van der Waals surface area contributed by atoms with Gasteiger partial charge in [0.15, 0.2) is 0 Å². The highest BCUT2D eigenvalue weighted by molar-refractivity contribution is 5.14. The van der Waals surface area contributed by atoms with Crippen molar-refractivity contribution in [2.45, 2.75) is 45.3 Å². The summed E-state index contributed by atoms with van der Waals surface area (Å²) in [6.45, 7) is 9.09. The molecule has 126 valence electrons. The molecule has 1 heterocycles. The van der Waals surface area contributed by atoms with E-state index in [2.05, 4.69) is 36.5 Å². The quantitative estimate of drug-likeness (QED) is 0.611. The summed E-state index contributed by atoms with van der Waals surface area (Å²) in [5.74, 6) is 2.99. The lowest BCUT2D eigenvalue weighted by atomic mass is 9.77. The third-order valence-electron chi connectivity index (χ3n) is 4.81. The van der Waals surface area contributed by atoms with Gasteiger partial charge in [-0.15, -0.1) is 0 Å². The molecule has 22 heavy (non-hydrogen) atoms. The molecule has 2 unspecified atom stereocenters. The number of hydrazine groups is 1. The summed E-state index contributed by atoms with van der Waals surface area (Å²) in [6, 6.07) is 0.306. The van der Waals surface area contributed by atoms with Crippen molar-refractivity contribution in [3.8, 4) is 0 Å². The molecule has 5 N–H and O–H groups in total. The Morgan fingerprint density at radius 2 is 2.09 bits per heavy atom. The molecule has 0 bridgehead atoms. The Balaban J connectivity index is 2.14. The van der Waals surface area contributed by atoms with Crippen molar-refractivity contribution in [2.24, 2.45) is 17.6 Å². The highest BCUT2D eigenvalue weighted by atomic mass is 16.5. The van der Waals surface area contributed by atoms with E-state index in [0.717, 1.165) is 30.8 Å². The fraction of sp³-hybridized carbons (Fsp3) is 0.750. The van der Waals surface area contributed by atoms with Crippen LogP contribution in [0.5, 0.6) is 0 Å². The molecule has 0 aromatic heterocycles. The Bertz CT molecular complexity index is 436. The smallest absolute Gasteiger partial charge is 0.109 e. The van der Waals surface area contributed by atoms with Crippen LogP contribution in [0.15, 0.2) is 23.7 Å². The van der Waals surface area contributed by atoms with Crippen molar-refractivity contribution in [3.63, 3.8) is 0 Å². The summed E-state index contributed by atoms with van der Waals surface area (Å²) in [6.07, 6.45) is 3.00. The monoisotopic (exact) mass is 309 g/mol. The Kier molecular flexibility index (Phi) is 5.72. The number of ether oxygens (including phenoxy) is 1. The zero-order valence-electron chi connectivity index (χ0n) is 14.3. The first-order chi connectivity index (χ1) is 10.4. The third-order valence-corrected chi connectivity index (χ3v) is 4.81. The molecule has 0 radical (unpaired) electrons. The van der Waals surface area contributed by atoms with Gasteiger partial charge >= 0.3 is 0 Å². The van der Waals surface area contributed by atoms with Gasteiger partial charge in [0.1, 0.15) is 5.82 Å². The zero-order chi connectivity index (χ0) is 16.3. The summed E-state index contributed by atoms with van der Waals surface area (Å²) >= 11 is 0. The van der Waals surface area contributed by atoms with Gasteiger partial charge in [-0.3, -0.25) is 10.3 Å². The number of hydrogen-bond donors (Lipinski definition) is 4. The van der Waals surface area contributed by atoms with E-state index in [4.69, 9.17) is 10.5 Å². The van der Waals surface area contributed by atoms with Crippen LogP contribution in [0.3, 0.4) is 0 Å². The lowest BCUT2D eigenvalue weighted by Crippen LogP contribution is -2.50. The summed E-state index contributed by atoms with van der Waals surface area (Å²) < 4.78 is 5.56. The van der Waals surface area contributed by atoms with Crippen LogP contribution in [0.2, 0.25) is 0 Å². The normalized spacial score (nSPS) is 34.6. The van der Waals surface area contributed by atoms with Crippen LogP contribution in [0.1, 0.15) is 33.1 Å². The van der Waals surface area contributed by atoms with Crippen LogP contribution in [0.4, 0.5) is 0 Å². The lowest BCUT2D eigenvalue weighted by molar-refractivity contribution is 0.143. The van der Waals surface area contributed by atoms with E-state index in [1.165, 1.54) is 5.57 Å². The maximum absolute atomic E-state index is 6.21. The Morgan fingerprint density at radius 1 is 1.36 bits per heavy atom. The minimum atomic E-state index is -0.0345. The Hall–Kier alpha value is -1.24. The molecule has 0 aromatic carbocycles. The molecule has 1 aliphatic heterocycles. The van der Waals surface area contributed by atoms with Gasteiger partial charge < -0.3 is 15.8 Å². The van der Waals surface area contributed by atoms with Crippen LogP contribution in [-0.4, -0.2) is 38.0 Å². The summed E-state index contributed by atoms with van der Waals surface area (Å²) in [7, 11) is 3.77. The maximum Gasteiger partial charge on any atom is 0.109 e. The molecular formula is C16H31N5O. The first kappa shape index (κ1) is 17.1. The van der Waals surface area contributed by atoms with Crippen LogP contribution in [-0.2, 0) is 4.74 Å². The number of nitrogens with zero attached hydrogens (tertiary/aromatic N) is 1. The van der Waals surface area contributed by atoms with Gasteiger partial charge in [-0.1, -0.05) is 13.5 Å². The largest absolute Gasteiger partial charge is 0.501 e. The van der Waals surface area contributed by atoms with E-state index in [-0.39, 0.29) is 6.17 Å². The fourth-order valence-electron chi connectivity index (χ4n) is 3.68. The Morgan fingerprint density at radius 3 is 2.73 bits per heavy atom. The second-order valence-electron chi connectivity index (χ2n) is 6.59. The van der Waals surface area contributed by atoms with E-state index in [1.807, 2.05) is 12.1 Å². The van der Waals surface area contributed by atoms with E-state index >= 15 is 0 Å². The molecule has 6 nitrogen and oxygen atoms in total. The average molecular weight is 309 g/mol. The molecule has 2 rings (SSSR count). The number of nitrogens with two attached hydrogens (primary N) is 1. The van der Waals surface area contributed by atoms with Crippen LogP contribution >= 0.6 is 0 Å². The van der Waals surface area contributed by atoms with Crippen molar-refractivity contribution < 1.29 is 4.74 Å². The summed E-state index contributed by atoms with van der Waals surface area (Å²) in [5.41, 5.74) is 11.1. The lowest BCUT2D eigenvalue weighted by Gasteiger charge is -2.38. The molecule has 6 heteroatoms. The van der Waals surface area contributed by atoms with Gasteiger partial charge in [0, 0.05) is 19.0 Å². The molecule has 1 saturated heterocycles. The molecule has 4 atom stereocenters. The number of methoxy groups -OCH3 is 1. The highest BCUT2D eigenvalue weighted by Crippen LogP contribution is 2.36. The predicted molar refractivity (Wildman–Crippen MR) is 89.2 cm³/mol. The van der Waals surface area contributed by atoms with Crippen molar-refractivity contribution in [1.82, 2.24) is 21.1 Å². The van der Waals surface area contributed by atoms with Gasteiger partial charge in [-0.2, -0.15) is 0 Å². The SMILES string of the molecule is C=C1NCNC(N)CC([C@H]2CC(C)=C(OC)[C@@H](C)C2)NN1C. The minimum absolute atomic E-state index is 0.0345. The van der Waals surface area contributed by atoms with Gasteiger partial charge in [0.05, 0.1) is 25.7 Å². The third kappa shape index (κ3) is 3.94. The molecule has 0 spiro atoms. The molecule has 1 aliphatic carbocycles. The molecular weight excluding hydrogens is 278 g/mol. The summed E-state index contributed by atoms with van der Waals surface area (Å²) in [4.78, 5) is 0. The number of allylic oxidation sites excluding steroid dienone is 2. The first-order valence-corrected chi connectivity index (χ1v) is 8.07. The van der Waals surface area contributed by atoms with E-state index in [9.17, 15) is 0 Å². The molecule has 0 saturated carbocycles. The number of nitrogens with one attached hydrogen (secondary N) is 3. The second-order valence-corrected chi connectivity index (χ2v) is 6.59. The molecule has 0 amide bonds. The zero-order valence-corrected chi connectivity index (χ0v) is 14.3. The molecule has 0 aromatic rings. The van der Waals surface area contributed by atoms with Crippen molar-refractivity contribution >= 4 is 0 Å². The van der Waals surface area contributed by atoms with E-state index < -0.39 is 0 Å². The predicted octanol–water partition coefficient (Wildman–Crippen LogP) is 1.05. The maximum atomic E-state index is 6.21. The van der Waals surface area contributed by atoms with Crippen molar-refractivity contribution in [2.75, 3.05) is 20.8 Å². The highest BCUT2D eigenvalue weighted by Gasteiger charge is 2.32. The second kappa shape index (κ2) is 7.35. The molecule has 1 fully saturated rings. The van der Waals surface area contributed by atoms with Crippen LogP contribution in [0, 0.1) is 11.8 Å². The number of rotatable bonds is 2. The van der Waals surface area contributed by atoms with Gasteiger partial charge in [0.2, 0.25) is 0 Å². The summed E-state index contributed by atoms with van der Waals surface area (Å²) in [5, 5.41) is 8.47. The van der Waals surface area contributed by atoms with Gasteiger partial charge in [-0.05, 0) is 37.7 Å².